The molecule has 0 fully saturated rings. The summed E-state index contributed by atoms with van der Waals surface area (Å²) in [7, 11) is 0. The highest BCUT2D eigenvalue weighted by atomic mass is 35.5. The molecule has 0 aliphatic carbocycles. The topological polar surface area (TPSA) is 141 Å². The number of nitrogens with one attached hydrogen (secondary N) is 1. The van der Waals surface area contributed by atoms with Crippen molar-refractivity contribution in [3.63, 3.8) is 0 Å². The molecule has 1 aromatic carbocycles. The maximum Gasteiger partial charge on any atom is 0.288 e. The Balaban J connectivity index is 2.67. The highest BCUT2D eigenvalue weighted by Crippen LogP contribution is 2.43. The van der Waals surface area contributed by atoms with Crippen LogP contribution in [-0.2, 0) is 0 Å². The molecule has 0 aromatic heterocycles. The maximum atomic E-state index is 11.0. The van der Waals surface area contributed by atoms with Crippen LogP contribution in [0.5, 0.6) is 0 Å². The molecule has 1 heterocycles. The van der Waals surface area contributed by atoms with Crippen LogP contribution in [0.3, 0.4) is 0 Å². The van der Waals surface area contributed by atoms with Crippen molar-refractivity contribution < 1.29 is 4.92 Å². The fraction of sp³-hybridized carbons (Fsp3) is 0.154. The van der Waals surface area contributed by atoms with E-state index in [-0.39, 0.29) is 26.4 Å². The Bertz CT molecular complexity index is 793. The highest BCUT2D eigenvalue weighted by Gasteiger charge is 2.37. The molecule has 9 heteroatoms. The van der Waals surface area contributed by atoms with Crippen LogP contribution in [-0.4, -0.2) is 9.97 Å². The number of thioether (sulfide) groups is 1. The van der Waals surface area contributed by atoms with Crippen LogP contribution < -0.4 is 5.73 Å². The van der Waals surface area contributed by atoms with E-state index in [1.807, 2.05) is 12.1 Å². The number of nitrogens with zero attached hydrogens (tertiary/aromatic N) is 3. The second-order valence-corrected chi connectivity index (χ2v) is 5.90. The van der Waals surface area contributed by atoms with Gasteiger partial charge in [0.2, 0.25) is 0 Å². The first-order chi connectivity index (χ1) is 10.4. The molecular formula is C13H8ClN5O2S. The summed E-state index contributed by atoms with van der Waals surface area (Å²) < 4.78 is 0. The zero-order valence-electron chi connectivity index (χ0n) is 10.9. The van der Waals surface area contributed by atoms with Crippen molar-refractivity contribution in [2.75, 3.05) is 0 Å². The van der Waals surface area contributed by atoms with Crippen molar-refractivity contribution in [1.82, 2.24) is 0 Å². The van der Waals surface area contributed by atoms with Crippen molar-refractivity contribution in [2.45, 2.75) is 5.92 Å². The standard InChI is InChI=1S/C13H8ClN5O2S/c14-9-2-1-6(3-10(9)19(20)21)11-7(4-15)12(17)22-13(18)8(11)5-16/h1-3,7,11,17H,18H2/t7-,11+/m0/s1. The van der Waals surface area contributed by atoms with E-state index in [1.165, 1.54) is 18.2 Å². The summed E-state index contributed by atoms with van der Waals surface area (Å²) in [6.45, 7) is 0. The summed E-state index contributed by atoms with van der Waals surface area (Å²) in [5.74, 6) is -1.74. The van der Waals surface area contributed by atoms with Gasteiger partial charge in [-0.2, -0.15) is 10.5 Å². The first-order valence-electron chi connectivity index (χ1n) is 5.90. The molecule has 0 bridgehead atoms. The number of hydrogen-bond acceptors (Lipinski definition) is 7. The second kappa shape index (κ2) is 6.06. The number of nitriles is 2. The highest BCUT2D eigenvalue weighted by molar-refractivity contribution is 8.17. The number of nitro groups is 1. The van der Waals surface area contributed by atoms with Gasteiger partial charge in [0.05, 0.1) is 32.7 Å². The average Bonchev–Trinajstić information content (AvgIpc) is 2.47. The first-order valence-corrected chi connectivity index (χ1v) is 7.09. The van der Waals surface area contributed by atoms with Gasteiger partial charge in [-0.05, 0) is 11.6 Å². The Morgan fingerprint density at radius 3 is 2.68 bits per heavy atom. The molecule has 1 aliphatic heterocycles. The monoisotopic (exact) mass is 333 g/mol. The largest absolute Gasteiger partial charge is 0.392 e. The third-order valence-corrected chi connectivity index (χ3v) is 4.43. The van der Waals surface area contributed by atoms with Gasteiger partial charge in [-0.3, -0.25) is 15.5 Å². The predicted molar refractivity (Wildman–Crippen MR) is 82.1 cm³/mol. The predicted octanol–water partition coefficient (Wildman–Crippen LogP) is 2.89. The van der Waals surface area contributed by atoms with Gasteiger partial charge in [-0.25, -0.2) is 0 Å². The summed E-state index contributed by atoms with van der Waals surface area (Å²) in [4.78, 5) is 10.4. The van der Waals surface area contributed by atoms with E-state index in [4.69, 9.17) is 22.7 Å². The molecule has 0 radical (unpaired) electrons. The number of rotatable bonds is 2. The van der Waals surface area contributed by atoms with Crippen molar-refractivity contribution >= 4 is 34.1 Å². The van der Waals surface area contributed by atoms with Crippen LogP contribution >= 0.6 is 23.4 Å². The smallest absolute Gasteiger partial charge is 0.288 e. The molecular weight excluding hydrogens is 326 g/mol. The molecule has 0 unspecified atom stereocenters. The van der Waals surface area contributed by atoms with E-state index < -0.39 is 16.8 Å². The van der Waals surface area contributed by atoms with Crippen LogP contribution in [0.2, 0.25) is 5.02 Å². The van der Waals surface area contributed by atoms with Gasteiger partial charge in [0.1, 0.15) is 10.9 Å². The minimum absolute atomic E-state index is 0.00148. The molecule has 2 rings (SSSR count). The van der Waals surface area contributed by atoms with Gasteiger partial charge in [-0.1, -0.05) is 29.4 Å². The lowest BCUT2D eigenvalue weighted by molar-refractivity contribution is -0.384. The molecule has 0 saturated heterocycles. The molecule has 7 nitrogen and oxygen atoms in total. The third kappa shape index (κ3) is 2.62. The zero-order valence-corrected chi connectivity index (χ0v) is 12.5. The fourth-order valence-corrected chi connectivity index (χ4v) is 3.21. The fourth-order valence-electron chi connectivity index (χ4n) is 2.19. The Kier molecular flexibility index (Phi) is 4.36. The number of benzene rings is 1. The van der Waals surface area contributed by atoms with E-state index >= 15 is 0 Å². The third-order valence-electron chi connectivity index (χ3n) is 3.20. The van der Waals surface area contributed by atoms with Gasteiger partial charge < -0.3 is 5.73 Å². The number of nitro benzene ring substituents is 1. The summed E-state index contributed by atoms with van der Waals surface area (Å²) >= 11 is 6.63. The Hall–Kier alpha value is -2.55. The first kappa shape index (κ1) is 15.8. The summed E-state index contributed by atoms with van der Waals surface area (Å²) in [6.07, 6.45) is 0. The lowest BCUT2D eigenvalue weighted by atomic mass is 9.81. The molecule has 1 aliphatic rings. The molecule has 22 heavy (non-hydrogen) atoms. The normalized spacial score (nSPS) is 21.1. The van der Waals surface area contributed by atoms with E-state index in [1.54, 1.807) is 0 Å². The number of allylic oxidation sites excluding steroid dienone is 1. The maximum absolute atomic E-state index is 11.0. The van der Waals surface area contributed by atoms with Crippen molar-refractivity contribution in [1.29, 1.82) is 15.9 Å². The Morgan fingerprint density at radius 1 is 1.45 bits per heavy atom. The van der Waals surface area contributed by atoms with Crippen LogP contribution in [0.15, 0.2) is 28.8 Å². The molecule has 3 N–H and O–H groups in total. The van der Waals surface area contributed by atoms with E-state index in [0.29, 0.717) is 5.56 Å². The molecule has 2 atom stereocenters. The van der Waals surface area contributed by atoms with Crippen LogP contribution in [0.25, 0.3) is 0 Å². The summed E-state index contributed by atoms with van der Waals surface area (Å²) in [5, 5.41) is 37.5. The minimum atomic E-state index is -0.923. The Labute approximate surface area is 134 Å². The van der Waals surface area contributed by atoms with Crippen LogP contribution in [0, 0.1) is 44.1 Å². The Morgan fingerprint density at radius 2 is 2.14 bits per heavy atom. The van der Waals surface area contributed by atoms with Crippen LogP contribution in [0.4, 0.5) is 5.69 Å². The van der Waals surface area contributed by atoms with Gasteiger partial charge >= 0.3 is 0 Å². The molecule has 0 spiro atoms. The van der Waals surface area contributed by atoms with Crippen molar-refractivity contribution in [2.24, 2.45) is 11.7 Å². The summed E-state index contributed by atoms with van der Waals surface area (Å²) in [6, 6.07) is 7.94. The number of hydrogen-bond donors (Lipinski definition) is 2. The number of halogens is 1. The zero-order chi connectivity index (χ0) is 16.4. The van der Waals surface area contributed by atoms with E-state index in [2.05, 4.69) is 0 Å². The number of nitrogens with two attached hydrogens (primary N) is 1. The van der Waals surface area contributed by atoms with Crippen molar-refractivity contribution in [3.05, 3.63) is 49.5 Å². The van der Waals surface area contributed by atoms with Gasteiger partial charge in [0.25, 0.3) is 5.69 Å². The SMILES string of the molecule is N#CC1=C(N)SC(=N)[C@@H](C#N)[C@H]1c1ccc(Cl)c([N+](=O)[O-])c1. The molecule has 1 aromatic rings. The average molecular weight is 334 g/mol. The molecule has 0 amide bonds. The lowest BCUT2D eigenvalue weighted by Gasteiger charge is -2.27. The van der Waals surface area contributed by atoms with Crippen LogP contribution in [0.1, 0.15) is 11.5 Å². The quantitative estimate of drug-likeness (QED) is 0.629. The lowest BCUT2D eigenvalue weighted by Crippen LogP contribution is -2.26. The van der Waals surface area contributed by atoms with E-state index in [0.717, 1.165) is 11.8 Å². The molecule has 110 valence electrons. The van der Waals surface area contributed by atoms with E-state index in [9.17, 15) is 20.6 Å². The molecule has 0 saturated carbocycles. The van der Waals surface area contributed by atoms with Gasteiger partial charge in [0.15, 0.2) is 0 Å². The summed E-state index contributed by atoms with van der Waals surface area (Å²) in [5.41, 5.74) is 5.92. The van der Waals surface area contributed by atoms with Crippen molar-refractivity contribution in [3.8, 4) is 12.1 Å². The minimum Gasteiger partial charge on any atom is -0.392 e. The second-order valence-electron chi connectivity index (χ2n) is 4.41. The van der Waals surface area contributed by atoms with Gasteiger partial charge in [-0.15, -0.1) is 0 Å². The van der Waals surface area contributed by atoms with Gasteiger partial charge in [0, 0.05) is 12.0 Å².